The zero-order valence-corrected chi connectivity index (χ0v) is 22.2. The fourth-order valence-electron chi connectivity index (χ4n) is 4.96. The number of H-pyrrole nitrogens is 1. The van der Waals surface area contributed by atoms with Crippen LogP contribution >= 0.6 is 18.8 Å². The third-order valence-corrected chi connectivity index (χ3v) is 9.86. The second-order valence-corrected chi connectivity index (χ2v) is 13.0. The lowest BCUT2D eigenvalue weighted by atomic mass is 10.1. The maximum absolute atomic E-state index is 15.5. The van der Waals surface area contributed by atoms with Crippen LogP contribution in [0.2, 0.25) is 0 Å². The zero-order chi connectivity index (χ0) is 28.3. The molecule has 0 bridgehead atoms. The van der Waals surface area contributed by atoms with Gasteiger partial charge < -0.3 is 35.7 Å². The largest absolute Gasteiger partial charge is 0.394 e. The molecule has 2 fully saturated rings. The number of nitrogens with one attached hydrogen (secondary N) is 1. The number of nitrogen functional groups attached to an aromatic ring is 2. The molecule has 2 aliphatic rings. The van der Waals surface area contributed by atoms with Gasteiger partial charge in [0.15, 0.2) is 28.9 Å². The topological polar surface area (TPSA) is 244 Å². The summed E-state index contributed by atoms with van der Waals surface area (Å²) in [6.07, 6.45) is -3.35. The van der Waals surface area contributed by atoms with Gasteiger partial charge in [0.1, 0.15) is 36.5 Å². The summed E-state index contributed by atoms with van der Waals surface area (Å²) in [6, 6.07) is 0. The lowest BCUT2D eigenvalue weighted by molar-refractivity contribution is -0.0328. The van der Waals surface area contributed by atoms with E-state index in [0.717, 1.165) is 6.33 Å². The molecular formula is C20H24FN10O7PS. The predicted molar refractivity (Wildman–Crippen MR) is 138 cm³/mol. The fourth-order valence-corrected chi connectivity index (χ4v) is 7.51. The van der Waals surface area contributed by atoms with Crippen LogP contribution in [-0.4, -0.2) is 92.7 Å². The van der Waals surface area contributed by atoms with Crippen LogP contribution in [0.3, 0.4) is 0 Å². The molecule has 17 nitrogen and oxygen atoms in total. The molecule has 2 aliphatic heterocycles. The van der Waals surface area contributed by atoms with E-state index in [2.05, 4.69) is 42.3 Å². The summed E-state index contributed by atoms with van der Waals surface area (Å²) in [5, 5.41) is 24.4. The maximum atomic E-state index is 15.5. The van der Waals surface area contributed by atoms with Gasteiger partial charge in [-0.05, 0) is 0 Å². The SMILES string of the molecule is Nc1nc2c(ncn2[C@@H]2O[C@H](CO)[C@@H](F)[C@H]2P(=O)(S)OC[C@H]2O[C@@H](c3cnc4c(N)ncnn34)C[C@@H]2O)c(=O)[nH]1. The zero-order valence-electron chi connectivity index (χ0n) is 20.4. The molecule has 7 N–H and O–H groups in total. The predicted octanol–water partition coefficient (Wildman–Crippen LogP) is -0.651. The van der Waals surface area contributed by atoms with E-state index < -0.39 is 67.8 Å². The molecule has 6 rings (SSSR count). The standard InChI is InChI=1S/C20H24FN10O7PS/c21-12-10(3-32)38-19(30-6-26-13-16(30)28-20(23)29-18(13)34)14(12)39(35,40)36-4-11-8(33)1-9(37-11)7-2-24-17-15(22)25-5-27-31(7)17/h2,5-6,8-12,14,19,32-33H,1,3-4H2,(H,35,40)(H2,22,25,27)(H3,23,28,29,34)/t8-,9+,10+,11+,12+,14+,19+,39?/m0/s1. The third kappa shape index (κ3) is 4.43. The Kier molecular flexibility index (Phi) is 6.76. The van der Waals surface area contributed by atoms with E-state index in [1.807, 2.05) is 0 Å². The molecule has 0 aromatic carbocycles. The number of alkyl halides is 1. The molecule has 2 saturated heterocycles. The van der Waals surface area contributed by atoms with Crippen LogP contribution in [0.4, 0.5) is 16.2 Å². The van der Waals surface area contributed by atoms with E-state index in [0.29, 0.717) is 11.3 Å². The monoisotopic (exact) mass is 598 g/mol. The van der Waals surface area contributed by atoms with E-state index in [1.165, 1.54) is 21.6 Å². The molecule has 0 amide bonds. The smallest absolute Gasteiger partial charge is 0.280 e. The van der Waals surface area contributed by atoms with Gasteiger partial charge in [-0.25, -0.2) is 23.9 Å². The first-order chi connectivity index (χ1) is 19.1. The number of nitrogens with two attached hydrogens (primary N) is 2. The number of aromatic amines is 1. The van der Waals surface area contributed by atoms with E-state index >= 15 is 4.39 Å². The van der Waals surface area contributed by atoms with Crippen LogP contribution < -0.4 is 17.0 Å². The average Bonchev–Trinajstić information content (AvgIpc) is 3.67. The molecule has 8 atom stereocenters. The molecule has 4 aromatic rings. The minimum atomic E-state index is -4.21. The number of anilines is 2. The van der Waals surface area contributed by atoms with Crippen molar-refractivity contribution in [1.29, 1.82) is 0 Å². The highest BCUT2D eigenvalue weighted by Crippen LogP contribution is 2.64. The van der Waals surface area contributed by atoms with Crippen LogP contribution in [0.15, 0.2) is 23.6 Å². The molecule has 20 heteroatoms. The minimum absolute atomic E-state index is 0.0507. The van der Waals surface area contributed by atoms with Crippen LogP contribution in [0.5, 0.6) is 0 Å². The van der Waals surface area contributed by atoms with Crippen molar-refractivity contribution in [3.05, 3.63) is 34.9 Å². The highest BCUT2D eigenvalue weighted by molar-refractivity contribution is 8.46. The van der Waals surface area contributed by atoms with Gasteiger partial charge in [0, 0.05) is 6.42 Å². The number of aliphatic hydroxyl groups is 2. The number of fused-ring (bicyclic) bond motifs is 2. The molecule has 6 heterocycles. The number of thiol groups is 1. The van der Waals surface area contributed by atoms with Crippen molar-refractivity contribution in [1.82, 2.24) is 39.1 Å². The molecule has 214 valence electrons. The Morgan fingerprint density at radius 2 is 2.05 bits per heavy atom. The van der Waals surface area contributed by atoms with Crippen molar-refractivity contribution >= 4 is 47.4 Å². The van der Waals surface area contributed by atoms with Crippen LogP contribution in [0.25, 0.3) is 16.8 Å². The van der Waals surface area contributed by atoms with Crippen molar-refractivity contribution in [2.75, 3.05) is 24.7 Å². The van der Waals surface area contributed by atoms with Crippen molar-refractivity contribution in [3.8, 4) is 0 Å². The van der Waals surface area contributed by atoms with Gasteiger partial charge >= 0.3 is 0 Å². The molecule has 0 spiro atoms. The molecular weight excluding hydrogens is 574 g/mol. The van der Waals surface area contributed by atoms with E-state index in [-0.39, 0.29) is 29.4 Å². The number of hydrogen-bond donors (Lipinski definition) is 6. The van der Waals surface area contributed by atoms with Gasteiger partial charge in [-0.15, -0.1) is 0 Å². The number of hydrogen-bond acceptors (Lipinski definition) is 14. The maximum Gasteiger partial charge on any atom is 0.280 e. The van der Waals surface area contributed by atoms with E-state index in [9.17, 15) is 19.6 Å². The quantitative estimate of drug-likeness (QED) is 0.114. The van der Waals surface area contributed by atoms with Gasteiger partial charge in [-0.1, -0.05) is 12.2 Å². The first kappa shape index (κ1) is 27.0. The van der Waals surface area contributed by atoms with Gasteiger partial charge in [0.2, 0.25) is 5.95 Å². The number of aromatic nitrogens is 8. The molecule has 0 radical (unpaired) electrons. The van der Waals surface area contributed by atoms with Crippen LogP contribution in [0, 0.1) is 0 Å². The van der Waals surface area contributed by atoms with Gasteiger partial charge in [-0.3, -0.25) is 18.9 Å². The average molecular weight is 599 g/mol. The Bertz CT molecular complexity index is 1680. The first-order valence-corrected chi connectivity index (χ1v) is 14.8. The summed E-state index contributed by atoms with van der Waals surface area (Å²) in [4.78, 5) is 30.6. The summed E-state index contributed by atoms with van der Waals surface area (Å²) in [5.41, 5.74) is 9.95. The van der Waals surface area contributed by atoms with Gasteiger partial charge in [0.25, 0.3) is 12.1 Å². The Morgan fingerprint density at radius 1 is 1.25 bits per heavy atom. The second-order valence-electron chi connectivity index (χ2n) is 9.35. The Hall–Kier alpha value is -3.19. The number of aliphatic hydroxyl groups excluding tert-OH is 2. The van der Waals surface area contributed by atoms with Gasteiger partial charge in [0.05, 0.1) is 37.5 Å². The number of ether oxygens (including phenoxy) is 2. The highest BCUT2D eigenvalue weighted by Gasteiger charge is 2.55. The van der Waals surface area contributed by atoms with Crippen molar-refractivity contribution in [3.63, 3.8) is 0 Å². The Balaban J connectivity index is 1.23. The summed E-state index contributed by atoms with van der Waals surface area (Å²) < 4.78 is 49.1. The molecule has 4 aromatic heterocycles. The molecule has 0 saturated carbocycles. The number of rotatable bonds is 7. The molecule has 1 unspecified atom stereocenters. The summed E-state index contributed by atoms with van der Waals surface area (Å²) in [5.74, 6) is -0.0594. The van der Waals surface area contributed by atoms with Crippen molar-refractivity contribution in [2.24, 2.45) is 0 Å². The highest BCUT2D eigenvalue weighted by atomic mass is 32.7. The van der Waals surface area contributed by atoms with Gasteiger partial charge in [-0.2, -0.15) is 10.1 Å². The summed E-state index contributed by atoms with van der Waals surface area (Å²) in [6.45, 7) is -5.35. The lowest BCUT2D eigenvalue weighted by Gasteiger charge is -2.27. The Labute approximate surface area is 228 Å². The van der Waals surface area contributed by atoms with Crippen molar-refractivity contribution < 1.29 is 33.2 Å². The summed E-state index contributed by atoms with van der Waals surface area (Å²) in [7, 11) is 0. The molecule has 40 heavy (non-hydrogen) atoms. The van der Waals surface area contributed by atoms with Crippen molar-refractivity contribution in [2.45, 2.75) is 48.9 Å². The summed E-state index contributed by atoms with van der Waals surface area (Å²) >= 11 is 4.19. The molecule has 0 aliphatic carbocycles. The Morgan fingerprint density at radius 3 is 2.83 bits per heavy atom. The van der Waals surface area contributed by atoms with E-state index in [4.69, 9.17) is 25.5 Å². The number of nitrogens with zero attached hydrogens (tertiary/aromatic N) is 7. The van der Waals surface area contributed by atoms with Crippen LogP contribution in [-0.2, 0) is 18.6 Å². The third-order valence-electron chi connectivity index (χ3n) is 6.90. The number of halogens is 1. The lowest BCUT2D eigenvalue weighted by Crippen LogP contribution is -2.31. The van der Waals surface area contributed by atoms with E-state index in [1.54, 1.807) is 0 Å². The second kappa shape index (κ2) is 10.0. The normalized spacial score (nSPS) is 30.4. The number of imidazole rings is 2. The minimum Gasteiger partial charge on any atom is -0.394 e. The fraction of sp³-hybridized carbons (Fsp3) is 0.500. The van der Waals surface area contributed by atoms with Crippen LogP contribution in [0.1, 0.15) is 24.4 Å². The first-order valence-electron chi connectivity index (χ1n) is 12.0.